The summed E-state index contributed by atoms with van der Waals surface area (Å²) >= 11 is 0. The zero-order chi connectivity index (χ0) is 13.0. The van der Waals surface area contributed by atoms with E-state index in [0.717, 1.165) is 21.3 Å². The van der Waals surface area contributed by atoms with Crippen LogP contribution in [0, 0.1) is 6.92 Å². The molecule has 0 radical (unpaired) electrons. The third-order valence-corrected chi connectivity index (χ3v) is 2.36. The van der Waals surface area contributed by atoms with E-state index in [9.17, 15) is 0 Å². The molecule has 3 N–H and O–H groups in total. The molecule has 1 aliphatic carbocycles. The first kappa shape index (κ1) is 22.2. The molecule has 3 nitrogen and oxygen atoms in total. The molecule has 0 saturated heterocycles. The maximum atomic E-state index is 7.00. The largest absolute Gasteiger partial charge is 0.400 e. The third-order valence-electron chi connectivity index (χ3n) is 2.36. The molecule has 0 bridgehead atoms. The van der Waals surface area contributed by atoms with Crippen LogP contribution in [-0.4, -0.2) is 36.6 Å². The van der Waals surface area contributed by atoms with Gasteiger partial charge in [-0.1, -0.05) is 32.6 Å². The Balaban J connectivity index is -0.000000248. The summed E-state index contributed by atoms with van der Waals surface area (Å²) in [6, 6.07) is 4.68. The molecule has 0 aliphatic heterocycles. The Kier molecular flexibility index (Phi) is 20.8. The van der Waals surface area contributed by atoms with E-state index in [1.54, 1.807) is 11.1 Å². The molecule has 0 amide bonds. The number of aliphatic hydroxyl groups excluding tert-OH is 3. The van der Waals surface area contributed by atoms with Crippen molar-refractivity contribution < 1.29 is 37.0 Å². The van der Waals surface area contributed by atoms with Gasteiger partial charge in [0.25, 0.3) is 0 Å². The molecular formula is C13H25O3Ti-. The van der Waals surface area contributed by atoms with Gasteiger partial charge in [-0.05, 0) is 0 Å². The molecule has 1 aliphatic rings. The molecule has 1 aromatic rings. The average molecular weight is 277 g/mol. The Bertz CT molecular complexity index is 223. The van der Waals surface area contributed by atoms with Crippen LogP contribution in [0.2, 0.25) is 0 Å². The predicted molar refractivity (Wildman–Crippen MR) is 67.8 cm³/mol. The van der Waals surface area contributed by atoms with Crippen molar-refractivity contribution in [2.24, 2.45) is 0 Å². The zero-order valence-electron chi connectivity index (χ0n) is 11.3. The summed E-state index contributed by atoms with van der Waals surface area (Å²) in [4.78, 5) is 0. The van der Waals surface area contributed by atoms with Crippen molar-refractivity contribution in [3.05, 3.63) is 28.8 Å². The minimum atomic E-state index is 0. The molecule has 0 atom stereocenters. The van der Waals surface area contributed by atoms with Gasteiger partial charge in [-0.2, -0.15) is 22.8 Å². The van der Waals surface area contributed by atoms with Crippen LogP contribution in [0.3, 0.4) is 0 Å². The van der Waals surface area contributed by atoms with Crippen LogP contribution in [0.25, 0.3) is 0 Å². The van der Waals surface area contributed by atoms with Crippen molar-refractivity contribution in [1.29, 1.82) is 0 Å². The number of hydrogen-bond donors (Lipinski definition) is 3. The third kappa shape index (κ3) is 8.64. The van der Waals surface area contributed by atoms with Crippen molar-refractivity contribution in [1.82, 2.24) is 0 Å². The molecule has 17 heavy (non-hydrogen) atoms. The molecule has 0 aromatic heterocycles. The minimum absolute atomic E-state index is 0. The monoisotopic (exact) mass is 277 g/mol. The van der Waals surface area contributed by atoms with Gasteiger partial charge in [-0.3, -0.25) is 0 Å². The van der Waals surface area contributed by atoms with Crippen molar-refractivity contribution in [2.75, 3.05) is 21.3 Å². The molecule has 1 aromatic carbocycles. The van der Waals surface area contributed by atoms with Crippen LogP contribution in [0.5, 0.6) is 0 Å². The van der Waals surface area contributed by atoms with Gasteiger partial charge in [-0.15, -0.1) is 0 Å². The van der Waals surface area contributed by atoms with E-state index in [0.29, 0.717) is 0 Å². The summed E-state index contributed by atoms with van der Waals surface area (Å²) in [5.41, 5.74) is 4.68. The normalized spacial score (nSPS) is 11.0. The quantitative estimate of drug-likeness (QED) is 0.496. The number of rotatable bonds is 0. The first-order chi connectivity index (χ1) is 7.86. The number of hydrogen-bond acceptors (Lipinski definition) is 3. The van der Waals surface area contributed by atoms with E-state index in [4.69, 9.17) is 15.3 Å². The fraction of sp³-hybridized carbons (Fsp3) is 0.615. The summed E-state index contributed by atoms with van der Waals surface area (Å²) < 4.78 is 0. The smallest absolute Gasteiger partial charge is 0.0319 e. The van der Waals surface area contributed by atoms with Gasteiger partial charge in [0, 0.05) is 43.0 Å². The second-order valence-corrected chi connectivity index (χ2v) is 3.29. The molecule has 0 unspecified atom stereocenters. The SMILES string of the molecule is CO.CO.CO.Cc1cc2c([cH-]1)CCCC2.[Ti]. The van der Waals surface area contributed by atoms with E-state index in [-0.39, 0.29) is 21.7 Å². The molecule has 0 heterocycles. The molecule has 0 spiro atoms. The molecule has 2 rings (SSSR count). The molecular weight excluding hydrogens is 252 g/mol. The summed E-state index contributed by atoms with van der Waals surface area (Å²) in [5, 5.41) is 21.0. The van der Waals surface area contributed by atoms with Crippen LogP contribution >= 0.6 is 0 Å². The van der Waals surface area contributed by atoms with E-state index >= 15 is 0 Å². The van der Waals surface area contributed by atoms with Crippen LogP contribution in [-0.2, 0) is 34.6 Å². The molecule has 4 heteroatoms. The maximum absolute atomic E-state index is 7.00. The van der Waals surface area contributed by atoms with Crippen LogP contribution in [0.15, 0.2) is 12.1 Å². The van der Waals surface area contributed by atoms with Crippen molar-refractivity contribution in [2.45, 2.75) is 32.6 Å². The molecule has 0 fully saturated rings. The van der Waals surface area contributed by atoms with Gasteiger partial charge < -0.3 is 15.3 Å². The second kappa shape index (κ2) is 15.9. The van der Waals surface area contributed by atoms with Gasteiger partial charge in [-0.25, -0.2) is 6.07 Å². The van der Waals surface area contributed by atoms with Gasteiger partial charge >= 0.3 is 0 Å². The van der Waals surface area contributed by atoms with Crippen molar-refractivity contribution >= 4 is 0 Å². The fourth-order valence-electron chi connectivity index (χ4n) is 1.87. The second-order valence-electron chi connectivity index (χ2n) is 3.29. The average Bonchev–Trinajstić information content (AvgIpc) is 2.76. The fourth-order valence-corrected chi connectivity index (χ4v) is 1.87. The minimum Gasteiger partial charge on any atom is -0.400 e. The summed E-state index contributed by atoms with van der Waals surface area (Å²) in [6.45, 7) is 2.19. The van der Waals surface area contributed by atoms with Gasteiger partial charge in [0.2, 0.25) is 0 Å². The molecule has 0 saturated carbocycles. The Morgan fingerprint density at radius 2 is 1.41 bits per heavy atom. The van der Waals surface area contributed by atoms with Crippen LogP contribution in [0.4, 0.5) is 0 Å². The number of aryl methyl sites for hydroxylation is 3. The van der Waals surface area contributed by atoms with Gasteiger partial charge in [0.1, 0.15) is 0 Å². The first-order valence-electron chi connectivity index (χ1n) is 5.45. The summed E-state index contributed by atoms with van der Waals surface area (Å²) in [5.74, 6) is 0. The van der Waals surface area contributed by atoms with E-state index in [2.05, 4.69) is 19.1 Å². The van der Waals surface area contributed by atoms with Crippen LogP contribution in [0.1, 0.15) is 29.5 Å². The molecule has 100 valence electrons. The standard InChI is InChI=1S/C10H13.3CH4O.Ti/c1-8-6-9-4-2-3-5-10(9)7-8;3*1-2;/h6-7H,2-5H2,1H3;3*2H,1H3;/q-1;;;;. The Morgan fingerprint density at radius 3 is 1.88 bits per heavy atom. The Morgan fingerprint density at radius 1 is 0.941 bits per heavy atom. The van der Waals surface area contributed by atoms with E-state index in [1.165, 1.54) is 31.2 Å². The number of fused-ring (bicyclic) bond motifs is 1. The van der Waals surface area contributed by atoms with Crippen molar-refractivity contribution in [3.63, 3.8) is 0 Å². The summed E-state index contributed by atoms with van der Waals surface area (Å²) in [6.07, 6.45) is 5.44. The first-order valence-corrected chi connectivity index (χ1v) is 5.45. The summed E-state index contributed by atoms with van der Waals surface area (Å²) in [7, 11) is 3.00. The Hall–Kier alpha value is -0.0557. The van der Waals surface area contributed by atoms with Crippen molar-refractivity contribution in [3.8, 4) is 0 Å². The predicted octanol–water partition coefficient (Wildman–Crippen LogP) is 1.42. The number of aliphatic hydroxyl groups is 3. The van der Waals surface area contributed by atoms with Crippen LogP contribution < -0.4 is 0 Å². The topological polar surface area (TPSA) is 60.7 Å². The van der Waals surface area contributed by atoms with Gasteiger partial charge in [0.05, 0.1) is 0 Å². The van der Waals surface area contributed by atoms with E-state index < -0.39 is 0 Å². The zero-order valence-corrected chi connectivity index (χ0v) is 12.9. The maximum Gasteiger partial charge on any atom is 0.0319 e. The van der Waals surface area contributed by atoms with E-state index in [1.807, 2.05) is 0 Å². The van der Waals surface area contributed by atoms with Gasteiger partial charge in [0.15, 0.2) is 0 Å². The Labute approximate surface area is 120 Å².